The molecule has 0 amide bonds. The summed E-state index contributed by atoms with van der Waals surface area (Å²) in [6, 6.07) is 0. The van der Waals surface area contributed by atoms with Crippen LogP contribution >= 0.6 is 0 Å². The van der Waals surface area contributed by atoms with Gasteiger partial charge in [0.1, 0.15) is 0 Å². The lowest BCUT2D eigenvalue weighted by Gasteiger charge is -2.24. The molecule has 0 bridgehead atoms. The summed E-state index contributed by atoms with van der Waals surface area (Å²) in [5, 5.41) is 0. The normalized spacial score (nSPS) is 15.1. The Hall–Kier alpha value is -1.65. The predicted molar refractivity (Wildman–Crippen MR) is 60.8 cm³/mol. The second kappa shape index (κ2) is 5.61. The molecule has 0 radical (unpaired) electrons. The molecule has 1 aromatic rings. The molecule has 1 aromatic heterocycles. The molecule has 0 N–H and O–H groups in total. The van der Waals surface area contributed by atoms with E-state index in [9.17, 15) is 4.79 Å². The van der Waals surface area contributed by atoms with E-state index >= 15 is 0 Å². The predicted octanol–water partition coefficient (Wildman–Crippen LogP) is 1.83. The Kier molecular flexibility index (Phi) is 3.90. The van der Waals surface area contributed by atoms with Crippen molar-refractivity contribution in [2.45, 2.75) is 26.2 Å². The minimum atomic E-state index is -0.453. The molecular weight excluding hydrogens is 220 g/mol. The summed E-state index contributed by atoms with van der Waals surface area (Å²) in [6.45, 7) is 2.77. The Bertz CT molecular complexity index is 374. The highest BCUT2D eigenvalue weighted by Gasteiger charge is 2.18. The zero-order valence-corrected chi connectivity index (χ0v) is 9.89. The highest BCUT2D eigenvalue weighted by Crippen LogP contribution is 2.26. The van der Waals surface area contributed by atoms with Gasteiger partial charge in [0.25, 0.3) is 0 Å². The molecule has 1 fully saturated rings. The highest BCUT2D eigenvalue weighted by atomic mass is 16.5. The Balaban J connectivity index is 1.85. The van der Waals surface area contributed by atoms with E-state index in [4.69, 9.17) is 9.47 Å². The van der Waals surface area contributed by atoms with Gasteiger partial charge in [0.15, 0.2) is 5.69 Å². The summed E-state index contributed by atoms with van der Waals surface area (Å²) in [6.07, 6.45) is 6.60. The molecule has 0 unspecified atom stereocenters. The molecule has 92 valence electrons. The van der Waals surface area contributed by atoms with Gasteiger partial charge in [-0.1, -0.05) is 6.42 Å². The van der Waals surface area contributed by atoms with Crippen molar-refractivity contribution < 1.29 is 14.3 Å². The third-order valence-corrected chi connectivity index (χ3v) is 2.80. The minimum absolute atomic E-state index is 0.211. The van der Waals surface area contributed by atoms with Crippen LogP contribution < -0.4 is 4.74 Å². The van der Waals surface area contributed by atoms with Crippen molar-refractivity contribution in [3.05, 3.63) is 18.1 Å². The average Bonchev–Trinajstić information content (AvgIpc) is 2.28. The largest absolute Gasteiger partial charge is 0.476 e. The molecule has 1 aliphatic carbocycles. The third-order valence-electron chi connectivity index (χ3n) is 2.80. The number of ether oxygens (including phenoxy) is 2. The zero-order chi connectivity index (χ0) is 12.1. The maximum Gasteiger partial charge on any atom is 0.358 e. The van der Waals surface area contributed by atoms with Gasteiger partial charge in [-0.25, -0.2) is 14.8 Å². The van der Waals surface area contributed by atoms with Gasteiger partial charge in [-0.05, 0) is 25.7 Å². The van der Waals surface area contributed by atoms with Gasteiger partial charge in [-0.3, -0.25) is 0 Å². The summed E-state index contributed by atoms with van der Waals surface area (Å²) < 4.78 is 10.3. The summed E-state index contributed by atoms with van der Waals surface area (Å²) in [7, 11) is 0. The lowest BCUT2D eigenvalue weighted by atomic mass is 9.86. The standard InChI is InChI=1S/C12H16N2O3/c1-2-16-12(15)10-6-14-11(7-13-10)17-8-9-4-3-5-9/h6-7,9H,2-5,8H2,1H3. The number of aromatic nitrogens is 2. The quantitative estimate of drug-likeness (QED) is 0.730. The Morgan fingerprint density at radius 1 is 1.41 bits per heavy atom. The van der Waals surface area contributed by atoms with Gasteiger partial charge in [-0.2, -0.15) is 0 Å². The summed E-state index contributed by atoms with van der Waals surface area (Å²) in [5.74, 6) is 0.664. The number of hydrogen-bond acceptors (Lipinski definition) is 5. The number of rotatable bonds is 5. The molecule has 5 nitrogen and oxygen atoms in total. The van der Waals surface area contributed by atoms with Crippen LogP contribution in [0.5, 0.6) is 5.88 Å². The monoisotopic (exact) mass is 236 g/mol. The molecule has 0 saturated heterocycles. The molecule has 0 atom stereocenters. The Morgan fingerprint density at radius 2 is 2.24 bits per heavy atom. The molecule has 1 aliphatic rings. The first kappa shape index (κ1) is 11.8. The lowest BCUT2D eigenvalue weighted by molar-refractivity contribution is 0.0518. The van der Waals surface area contributed by atoms with Crippen molar-refractivity contribution in [2.75, 3.05) is 13.2 Å². The van der Waals surface area contributed by atoms with E-state index in [1.807, 2.05) is 0 Å². The zero-order valence-electron chi connectivity index (χ0n) is 9.89. The first-order chi connectivity index (χ1) is 8.29. The van der Waals surface area contributed by atoms with Crippen LogP contribution in [0.3, 0.4) is 0 Å². The molecule has 0 spiro atoms. The second-order valence-electron chi connectivity index (χ2n) is 4.07. The van der Waals surface area contributed by atoms with Crippen LogP contribution in [0, 0.1) is 5.92 Å². The SMILES string of the molecule is CCOC(=O)c1cnc(OCC2CCC2)cn1. The molecule has 17 heavy (non-hydrogen) atoms. The summed E-state index contributed by atoms with van der Waals surface area (Å²) in [5.41, 5.74) is 0.211. The lowest BCUT2D eigenvalue weighted by Crippen LogP contribution is -2.19. The van der Waals surface area contributed by atoms with E-state index in [1.165, 1.54) is 31.7 Å². The second-order valence-corrected chi connectivity index (χ2v) is 4.07. The van der Waals surface area contributed by atoms with E-state index in [2.05, 4.69) is 9.97 Å². The number of carbonyl (C=O) groups is 1. The van der Waals surface area contributed by atoms with E-state index < -0.39 is 5.97 Å². The van der Waals surface area contributed by atoms with Crippen molar-refractivity contribution in [2.24, 2.45) is 5.92 Å². The fourth-order valence-electron chi connectivity index (χ4n) is 1.56. The van der Waals surface area contributed by atoms with E-state index in [-0.39, 0.29) is 5.69 Å². The molecule has 0 aliphatic heterocycles. The maximum absolute atomic E-state index is 11.3. The number of esters is 1. The van der Waals surface area contributed by atoms with E-state index in [0.29, 0.717) is 25.0 Å². The van der Waals surface area contributed by atoms with Crippen LogP contribution in [-0.4, -0.2) is 29.2 Å². The van der Waals surface area contributed by atoms with Gasteiger partial charge < -0.3 is 9.47 Å². The van der Waals surface area contributed by atoms with Crippen LogP contribution in [-0.2, 0) is 4.74 Å². The third kappa shape index (κ3) is 3.15. The van der Waals surface area contributed by atoms with Gasteiger partial charge >= 0.3 is 5.97 Å². The van der Waals surface area contributed by atoms with Gasteiger partial charge in [-0.15, -0.1) is 0 Å². The van der Waals surface area contributed by atoms with Gasteiger partial charge in [0.05, 0.1) is 25.6 Å². The fourth-order valence-corrected chi connectivity index (χ4v) is 1.56. The average molecular weight is 236 g/mol. The first-order valence-corrected chi connectivity index (χ1v) is 5.91. The maximum atomic E-state index is 11.3. The summed E-state index contributed by atoms with van der Waals surface area (Å²) in [4.78, 5) is 19.3. The Morgan fingerprint density at radius 3 is 2.76 bits per heavy atom. The fraction of sp³-hybridized carbons (Fsp3) is 0.583. The molecule has 2 rings (SSSR count). The van der Waals surface area contributed by atoms with Crippen molar-refractivity contribution in [3.8, 4) is 5.88 Å². The van der Waals surface area contributed by atoms with Crippen LogP contribution in [0.15, 0.2) is 12.4 Å². The van der Waals surface area contributed by atoms with E-state index in [0.717, 1.165) is 0 Å². The van der Waals surface area contributed by atoms with Crippen molar-refractivity contribution in [1.29, 1.82) is 0 Å². The van der Waals surface area contributed by atoms with Crippen LogP contribution in [0.1, 0.15) is 36.7 Å². The molecule has 1 saturated carbocycles. The molecular formula is C12H16N2O3. The topological polar surface area (TPSA) is 61.3 Å². The summed E-state index contributed by atoms with van der Waals surface area (Å²) >= 11 is 0. The Labute approximate surface area is 100 Å². The van der Waals surface area contributed by atoms with Crippen LogP contribution in [0.2, 0.25) is 0 Å². The molecule has 0 aromatic carbocycles. The van der Waals surface area contributed by atoms with E-state index in [1.54, 1.807) is 6.92 Å². The molecule has 5 heteroatoms. The van der Waals surface area contributed by atoms with Gasteiger partial charge in [0, 0.05) is 0 Å². The smallest absolute Gasteiger partial charge is 0.358 e. The highest BCUT2D eigenvalue weighted by molar-refractivity contribution is 5.86. The number of hydrogen-bond donors (Lipinski definition) is 0. The minimum Gasteiger partial charge on any atom is -0.476 e. The van der Waals surface area contributed by atoms with Crippen molar-refractivity contribution >= 4 is 5.97 Å². The van der Waals surface area contributed by atoms with Crippen molar-refractivity contribution in [3.63, 3.8) is 0 Å². The van der Waals surface area contributed by atoms with Crippen molar-refractivity contribution in [1.82, 2.24) is 9.97 Å². The first-order valence-electron chi connectivity index (χ1n) is 5.91. The van der Waals surface area contributed by atoms with Crippen LogP contribution in [0.25, 0.3) is 0 Å². The number of carbonyl (C=O) groups excluding carboxylic acids is 1. The van der Waals surface area contributed by atoms with Gasteiger partial charge in [0.2, 0.25) is 5.88 Å². The molecule has 1 heterocycles. The number of nitrogens with zero attached hydrogens (tertiary/aromatic N) is 2. The van der Waals surface area contributed by atoms with Crippen LogP contribution in [0.4, 0.5) is 0 Å².